The Balaban J connectivity index is 0.0000000905. The second-order valence-corrected chi connectivity index (χ2v) is 31.6. The Kier molecular flexibility index (Phi) is 22.2. The van der Waals surface area contributed by atoms with Crippen molar-refractivity contribution in [2.75, 3.05) is 0 Å². The van der Waals surface area contributed by atoms with E-state index in [1.54, 1.807) is 24.8 Å². The van der Waals surface area contributed by atoms with Crippen LogP contribution < -0.4 is 0 Å². The Hall–Kier alpha value is -18.3. The topological polar surface area (TPSA) is 182 Å². The van der Waals surface area contributed by atoms with Crippen LogP contribution in [0.3, 0.4) is 0 Å². The van der Waals surface area contributed by atoms with Gasteiger partial charge in [0.1, 0.15) is 77.7 Å². The van der Waals surface area contributed by atoms with Gasteiger partial charge in [-0.3, -0.25) is 29.9 Å². The van der Waals surface area contributed by atoms with Gasteiger partial charge in [-0.15, -0.1) is 0 Å². The number of rotatable bonds is 7. The highest BCUT2D eigenvalue weighted by Crippen LogP contribution is 2.41. The lowest BCUT2D eigenvalue weighted by Crippen LogP contribution is -1.82. The van der Waals surface area contributed by atoms with E-state index in [1.807, 2.05) is 304 Å². The van der Waals surface area contributed by atoms with Gasteiger partial charge in [0.25, 0.3) is 0 Å². The molecule has 0 fully saturated rings. The van der Waals surface area contributed by atoms with E-state index in [0.717, 1.165) is 210 Å². The van der Waals surface area contributed by atoms with Crippen molar-refractivity contribution in [1.82, 2.24) is 34.9 Å². The Labute approximate surface area is 761 Å². The molecule has 0 amide bonds. The van der Waals surface area contributed by atoms with Crippen LogP contribution in [0.2, 0.25) is 0 Å². The third-order valence-electron chi connectivity index (χ3n) is 23.3. The smallest absolute Gasteiger partial charge is 0.161 e. The SMILES string of the molecule is c1ccc(-c2ccc3c(c2)oc2cccnc23)cc1.c1ccc(-c2ccc3oc4ccccc4c3n2)cc1.c1ccc(-c2ccc3oc4cccnc4c3c2)cc1.c1ccc(-c2cccc3c2oc2cccnc23)cc1.c1ccc(-c2cccc3oc4cccnc4c23)cc1.c1ccc(-c2ccnc3c2oc2ccccc23)cc1.c1ccc(-c2cnc3c(c2)oc2ccccc23)cc1. The lowest BCUT2D eigenvalue weighted by Gasteiger charge is -2.02. The molecule has 133 heavy (non-hydrogen) atoms. The van der Waals surface area contributed by atoms with Gasteiger partial charge in [0.15, 0.2) is 39.1 Å². The van der Waals surface area contributed by atoms with Crippen LogP contribution in [0.5, 0.6) is 0 Å². The molecule has 0 atom stereocenters. The molecule has 0 saturated carbocycles. The number of para-hydroxylation sites is 4. The first kappa shape index (κ1) is 80.6. The molecule has 0 radical (unpaired) electrons. The maximum absolute atomic E-state index is 5.98. The second kappa shape index (κ2) is 36.6. The largest absolute Gasteiger partial charge is 0.454 e. The first-order chi connectivity index (χ1) is 66.0. The summed E-state index contributed by atoms with van der Waals surface area (Å²) in [5.74, 6) is 0. The Morgan fingerprint density at radius 1 is 0.150 bits per heavy atom. The number of pyridine rings is 7. The van der Waals surface area contributed by atoms with Crippen LogP contribution in [0, 0.1) is 0 Å². The molecule has 0 N–H and O–H groups in total. The molecule has 0 spiro atoms. The highest BCUT2D eigenvalue weighted by atomic mass is 16.4. The number of fused-ring (bicyclic) bond motifs is 21. The van der Waals surface area contributed by atoms with Crippen molar-refractivity contribution in [1.29, 1.82) is 0 Å². The molecule has 14 aromatic heterocycles. The number of furan rings is 7. The average molecular weight is 1720 g/mol. The molecule has 630 valence electrons. The minimum Gasteiger partial charge on any atom is -0.454 e. The lowest BCUT2D eigenvalue weighted by atomic mass is 10.0. The third kappa shape index (κ3) is 16.6. The summed E-state index contributed by atoms with van der Waals surface area (Å²) < 4.78 is 41.1. The normalized spacial score (nSPS) is 11.2. The molecule has 0 aliphatic heterocycles. The molecule has 28 aromatic rings. The van der Waals surface area contributed by atoms with E-state index >= 15 is 0 Å². The van der Waals surface area contributed by atoms with Crippen molar-refractivity contribution in [3.63, 3.8) is 0 Å². The summed E-state index contributed by atoms with van der Waals surface area (Å²) in [5.41, 5.74) is 34.5. The van der Waals surface area contributed by atoms with Gasteiger partial charge >= 0.3 is 0 Å². The van der Waals surface area contributed by atoms with Crippen LogP contribution in [0.25, 0.3) is 233 Å². The van der Waals surface area contributed by atoms with E-state index in [0.29, 0.717) is 0 Å². The number of hydrogen-bond acceptors (Lipinski definition) is 14. The van der Waals surface area contributed by atoms with Crippen molar-refractivity contribution in [3.05, 3.63) is 468 Å². The first-order valence-electron chi connectivity index (χ1n) is 43.7. The first-order valence-corrected chi connectivity index (χ1v) is 43.7. The quantitative estimate of drug-likeness (QED) is 0.147. The van der Waals surface area contributed by atoms with Gasteiger partial charge in [0.05, 0.1) is 11.1 Å². The van der Waals surface area contributed by atoms with Crippen LogP contribution >= 0.6 is 0 Å². The zero-order chi connectivity index (χ0) is 88.6. The van der Waals surface area contributed by atoms with Gasteiger partial charge < -0.3 is 30.9 Å². The number of hydrogen-bond donors (Lipinski definition) is 0. The summed E-state index contributed by atoms with van der Waals surface area (Å²) in [7, 11) is 0. The van der Waals surface area contributed by atoms with E-state index in [1.165, 1.54) is 22.3 Å². The van der Waals surface area contributed by atoms with Gasteiger partial charge in [0, 0.05) is 91.8 Å². The summed E-state index contributed by atoms with van der Waals surface area (Å²) in [4.78, 5) is 31.4. The predicted octanol–water partition coefficient (Wildman–Crippen LogP) is 32.5. The summed E-state index contributed by atoms with van der Waals surface area (Å²) in [6.45, 7) is 0. The number of nitrogens with zero attached hydrogens (tertiary/aromatic N) is 7. The van der Waals surface area contributed by atoms with Gasteiger partial charge in [-0.05, 0) is 196 Å². The van der Waals surface area contributed by atoms with Crippen LogP contribution in [0.1, 0.15) is 0 Å². The minimum absolute atomic E-state index is 0.834. The molecule has 28 rings (SSSR count). The van der Waals surface area contributed by atoms with Crippen LogP contribution in [-0.2, 0) is 0 Å². The molecule has 14 nitrogen and oxygen atoms in total. The maximum Gasteiger partial charge on any atom is 0.161 e. The molecule has 0 unspecified atom stereocenters. The zero-order valence-electron chi connectivity index (χ0n) is 71.4. The fraction of sp³-hybridized carbons (Fsp3) is 0. The standard InChI is InChI=1S/7C17H11NO/c1-2-6-12(7-3-1)13-8-4-9-14-16-15(19-17(13)14)10-5-11-18-16;1-2-6-12(7-3-1)13-8-4-9-14-16(13)17-15(19-14)10-5-11-18-17;1-2-6-12(7-3-1)13-10-16-17(18-11-13)14-8-4-5-9-15(14)19-16;1-2-6-12(7-3-1)13-10-11-18-16-14-8-4-5-9-15(14)19-17(13)16;1-2-6-12(7-3-1)14-10-11-16-17(18-14)13-8-4-5-9-15(13)19-16;1-2-5-12(6-3-1)13-8-9-15-14(11-13)17-16(19-15)7-4-10-18-17;1-2-5-12(6-3-1)13-8-9-14-16(11-13)19-15-7-4-10-18-17(14)15/h7*1-11H. The highest BCUT2D eigenvalue weighted by molar-refractivity contribution is 6.13. The average Bonchev–Trinajstić information content (AvgIpc) is 1.61. The molecule has 14 aromatic carbocycles. The van der Waals surface area contributed by atoms with Crippen LogP contribution in [0.15, 0.2) is 499 Å². The Morgan fingerprint density at radius 2 is 0.496 bits per heavy atom. The van der Waals surface area contributed by atoms with Gasteiger partial charge in [-0.25, -0.2) is 4.98 Å². The van der Waals surface area contributed by atoms with Crippen LogP contribution in [-0.4, -0.2) is 34.9 Å². The van der Waals surface area contributed by atoms with E-state index in [-0.39, 0.29) is 0 Å². The lowest BCUT2D eigenvalue weighted by molar-refractivity contribution is 0.668. The molecule has 0 saturated heterocycles. The molecule has 14 heteroatoms. The van der Waals surface area contributed by atoms with Crippen LogP contribution in [0.4, 0.5) is 0 Å². The summed E-state index contributed by atoms with van der Waals surface area (Å²) >= 11 is 0. The van der Waals surface area contributed by atoms with Crippen molar-refractivity contribution < 1.29 is 30.9 Å². The van der Waals surface area contributed by atoms with Crippen molar-refractivity contribution in [3.8, 4) is 78.0 Å². The summed E-state index contributed by atoms with van der Waals surface area (Å²) in [6, 6.07) is 144. The van der Waals surface area contributed by atoms with E-state index in [9.17, 15) is 0 Å². The number of benzene rings is 14. The van der Waals surface area contributed by atoms with E-state index in [2.05, 4.69) is 169 Å². The molecule has 0 bridgehead atoms. The fourth-order valence-electron chi connectivity index (χ4n) is 17.0. The fourth-order valence-corrected chi connectivity index (χ4v) is 17.0. The maximum atomic E-state index is 5.98. The van der Waals surface area contributed by atoms with Crippen molar-refractivity contribution >= 4 is 154 Å². The Morgan fingerprint density at radius 3 is 1.09 bits per heavy atom. The van der Waals surface area contributed by atoms with E-state index < -0.39 is 0 Å². The van der Waals surface area contributed by atoms with Gasteiger partial charge in [-0.1, -0.05) is 285 Å². The minimum atomic E-state index is 0.834. The van der Waals surface area contributed by atoms with Crippen molar-refractivity contribution in [2.45, 2.75) is 0 Å². The molecule has 0 aliphatic carbocycles. The van der Waals surface area contributed by atoms with Gasteiger partial charge in [-0.2, -0.15) is 0 Å². The number of aromatic nitrogens is 7. The Bertz CT molecular complexity index is 8470. The third-order valence-corrected chi connectivity index (χ3v) is 23.3. The van der Waals surface area contributed by atoms with E-state index in [4.69, 9.17) is 35.9 Å². The van der Waals surface area contributed by atoms with Crippen molar-refractivity contribution in [2.24, 2.45) is 0 Å². The summed E-state index contributed by atoms with van der Waals surface area (Å²) in [5, 5.41) is 7.48. The summed E-state index contributed by atoms with van der Waals surface area (Å²) in [6.07, 6.45) is 10.9. The second-order valence-electron chi connectivity index (χ2n) is 31.6. The molecular formula is C119H77N7O7. The molecular weight excluding hydrogens is 1640 g/mol. The predicted molar refractivity (Wildman–Crippen MR) is 539 cm³/mol. The van der Waals surface area contributed by atoms with Gasteiger partial charge in [0.2, 0.25) is 0 Å². The molecule has 14 heterocycles. The zero-order valence-corrected chi connectivity index (χ0v) is 71.4. The molecule has 0 aliphatic rings. The highest BCUT2D eigenvalue weighted by Gasteiger charge is 2.19. The monoisotopic (exact) mass is 1720 g/mol.